The molecule has 1 fully saturated rings. The Balaban J connectivity index is 1.28. The van der Waals surface area contributed by atoms with Crippen molar-refractivity contribution in [2.24, 2.45) is 0 Å². The van der Waals surface area contributed by atoms with E-state index in [1.807, 2.05) is 77.7 Å². The molecule has 1 N–H and O–H groups in total. The number of nitrogens with zero attached hydrogens (tertiary/aromatic N) is 3. The number of benzene rings is 3. The van der Waals surface area contributed by atoms with E-state index in [9.17, 15) is 9.59 Å². The van der Waals surface area contributed by atoms with Gasteiger partial charge in [-0.05, 0) is 42.9 Å². The highest BCUT2D eigenvalue weighted by Gasteiger charge is 2.20. The molecule has 7 heteroatoms. The van der Waals surface area contributed by atoms with Gasteiger partial charge in [0.05, 0.1) is 10.2 Å². The van der Waals surface area contributed by atoms with Gasteiger partial charge in [-0.2, -0.15) is 0 Å². The predicted molar refractivity (Wildman–Crippen MR) is 136 cm³/mol. The van der Waals surface area contributed by atoms with Crippen LogP contribution in [0, 0.1) is 0 Å². The van der Waals surface area contributed by atoms with Gasteiger partial charge in [-0.15, -0.1) is 11.3 Å². The first-order valence-electron chi connectivity index (χ1n) is 11.4. The van der Waals surface area contributed by atoms with Crippen LogP contribution in [0.25, 0.3) is 20.8 Å². The minimum atomic E-state index is -0.104. The molecule has 0 aliphatic carbocycles. The zero-order valence-electron chi connectivity index (χ0n) is 19.0. The zero-order valence-corrected chi connectivity index (χ0v) is 19.8. The fraction of sp³-hybridized carbons (Fsp3) is 0.222. The molecule has 1 aliphatic heterocycles. The Morgan fingerprint density at radius 1 is 0.912 bits per heavy atom. The number of likely N-dealkylation sites (N-methyl/N-ethyl adjacent to an activating group) is 1. The molecule has 34 heavy (non-hydrogen) atoms. The number of carbonyl (C=O) groups is 2. The zero-order chi connectivity index (χ0) is 23.5. The van der Waals surface area contributed by atoms with Gasteiger partial charge in [-0.1, -0.05) is 42.5 Å². The SMILES string of the molecule is CN1CCN(C(=O)c2ccc(-c3nc4ccc(C(=O)NCc5ccccc5)cc4s3)cc2)CC1. The van der Waals surface area contributed by atoms with Gasteiger partial charge in [0.1, 0.15) is 5.01 Å². The molecular weight excluding hydrogens is 444 g/mol. The maximum absolute atomic E-state index is 12.8. The van der Waals surface area contributed by atoms with Crippen LogP contribution in [0.3, 0.4) is 0 Å². The molecule has 0 unspecified atom stereocenters. The van der Waals surface area contributed by atoms with Crippen molar-refractivity contribution in [2.75, 3.05) is 33.2 Å². The first-order chi connectivity index (χ1) is 16.6. The quantitative estimate of drug-likeness (QED) is 0.473. The highest BCUT2D eigenvalue weighted by molar-refractivity contribution is 7.21. The molecule has 0 saturated carbocycles. The molecule has 1 aliphatic rings. The molecule has 2 heterocycles. The van der Waals surface area contributed by atoms with Crippen molar-refractivity contribution in [3.8, 4) is 10.6 Å². The predicted octanol–water partition coefficient (Wildman–Crippen LogP) is 4.28. The van der Waals surface area contributed by atoms with E-state index >= 15 is 0 Å². The van der Waals surface area contributed by atoms with Crippen molar-refractivity contribution in [3.05, 3.63) is 89.5 Å². The second-order valence-electron chi connectivity index (χ2n) is 8.54. The molecule has 6 nitrogen and oxygen atoms in total. The van der Waals surface area contributed by atoms with E-state index in [0.29, 0.717) is 17.7 Å². The number of hydrogen-bond acceptors (Lipinski definition) is 5. The maximum Gasteiger partial charge on any atom is 0.253 e. The number of amides is 2. The van der Waals surface area contributed by atoms with E-state index in [-0.39, 0.29) is 11.8 Å². The Labute approximate surface area is 202 Å². The van der Waals surface area contributed by atoms with Crippen LogP contribution in [0.15, 0.2) is 72.8 Å². The van der Waals surface area contributed by atoms with E-state index in [1.165, 1.54) is 0 Å². The van der Waals surface area contributed by atoms with Gasteiger partial charge in [0.2, 0.25) is 0 Å². The summed E-state index contributed by atoms with van der Waals surface area (Å²) in [5, 5.41) is 3.84. The molecule has 1 saturated heterocycles. The van der Waals surface area contributed by atoms with Gasteiger partial charge in [-0.25, -0.2) is 4.98 Å². The van der Waals surface area contributed by atoms with E-state index in [4.69, 9.17) is 4.98 Å². The first-order valence-corrected chi connectivity index (χ1v) is 12.2. The van der Waals surface area contributed by atoms with Gasteiger partial charge in [0.25, 0.3) is 11.8 Å². The topological polar surface area (TPSA) is 65.5 Å². The second-order valence-corrected chi connectivity index (χ2v) is 9.57. The fourth-order valence-corrected chi connectivity index (χ4v) is 5.03. The summed E-state index contributed by atoms with van der Waals surface area (Å²) in [5.74, 6) is -0.0254. The number of nitrogens with one attached hydrogen (secondary N) is 1. The lowest BCUT2D eigenvalue weighted by molar-refractivity contribution is 0.0664. The monoisotopic (exact) mass is 470 g/mol. The summed E-state index contributed by atoms with van der Waals surface area (Å²) in [6.45, 7) is 3.82. The lowest BCUT2D eigenvalue weighted by atomic mass is 10.1. The van der Waals surface area contributed by atoms with Crippen LogP contribution in [-0.4, -0.2) is 59.8 Å². The van der Waals surface area contributed by atoms with Crippen LogP contribution < -0.4 is 5.32 Å². The molecule has 4 aromatic rings. The summed E-state index contributed by atoms with van der Waals surface area (Å²) in [5.41, 5.74) is 4.20. The van der Waals surface area contributed by atoms with Crippen LogP contribution >= 0.6 is 11.3 Å². The molecular formula is C27H26N4O2S. The fourth-order valence-electron chi connectivity index (χ4n) is 4.02. The molecule has 5 rings (SSSR count). The standard InChI is InChI=1S/C27H26N4O2S/c1-30-13-15-31(16-14-30)27(33)21-9-7-20(8-10-21)26-29-23-12-11-22(17-24(23)34-26)25(32)28-18-19-5-3-2-4-6-19/h2-12,17H,13-16,18H2,1H3,(H,28,32). The van der Waals surface area contributed by atoms with Crippen molar-refractivity contribution in [1.82, 2.24) is 20.1 Å². The number of carbonyl (C=O) groups excluding carboxylic acids is 2. The summed E-state index contributed by atoms with van der Waals surface area (Å²) in [6.07, 6.45) is 0. The van der Waals surface area contributed by atoms with Crippen LogP contribution in [0.1, 0.15) is 26.3 Å². The molecule has 0 bridgehead atoms. The van der Waals surface area contributed by atoms with Gasteiger partial charge >= 0.3 is 0 Å². The molecule has 3 aromatic carbocycles. The molecule has 0 radical (unpaired) electrons. The summed E-state index contributed by atoms with van der Waals surface area (Å²) < 4.78 is 0.958. The maximum atomic E-state index is 12.8. The normalized spacial score (nSPS) is 14.3. The van der Waals surface area contributed by atoms with Crippen LogP contribution in [0.2, 0.25) is 0 Å². The van der Waals surface area contributed by atoms with Crippen molar-refractivity contribution >= 4 is 33.4 Å². The average Bonchev–Trinajstić information content (AvgIpc) is 3.31. The minimum absolute atomic E-state index is 0.0788. The molecule has 172 valence electrons. The number of aromatic nitrogens is 1. The molecule has 2 amide bonds. The third-order valence-corrected chi connectivity index (χ3v) is 7.18. The van der Waals surface area contributed by atoms with Crippen molar-refractivity contribution in [3.63, 3.8) is 0 Å². The van der Waals surface area contributed by atoms with Crippen LogP contribution in [0.5, 0.6) is 0 Å². The molecule has 1 aromatic heterocycles. The highest BCUT2D eigenvalue weighted by Crippen LogP contribution is 2.31. The highest BCUT2D eigenvalue weighted by atomic mass is 32.1. The summed E-state index contributed by atoms with van der Waals surface area (Å²) >= 11 is 1.55. The lowest BCUT2D eigenvalue weighted by Gasteiger charge is -2.32. The summed E-state index contributed by atoms with van der Waals surface area (Å²) in [7, 11) is 2.08. The Bertz CT molecular complexity index is 1310. The number of fused-ring (bicyclic) bond motifs is 1. The van der Waals surface area contributed by atoms with E-state index in [1.54, 1.807) is 11.3 Å². The van der Waals surface area contributed by atoms with E-state index in [0.717, 1.165) is 52.5 Å². The largest absolute Gasteiger partial charge is 0.348 e. The van der Waals surface area contributed by atoms with E-state index < -0.39 is 0 Å². The number of rotatable bonds is 5. The first kappa shape index (κ1) is 22.3. The minimum Gasteiger partial charge on any atom is -0.348 e. The molecule has 0 spiro atoms. The van der Waals surface area contributed by atoms with Crippen molar-refractivity contribution in [1.29, 1.82) is 0 Å². The van der Waals surface area contributed by atoms with Gasteiger partial charge < -0.3 is 15.1 Å². The summed E-state index contributed by atoms with van der Waals surface area (Å²) in [6, 6.07) is 23.1. The third-order valence-electron chi connectivity index (χ3n) is 6.12. The number of piperazine rings is 1. The van der Waals surface area contributed by atoms with Crippen molar-refractivity contribution in [2.45, 2.75) is 6.54 Å². The summed E-state index contributed by atoms with van der Waals surface area (Å²) in [4.78, 5) is 34.3. The average molecular weight is 471 g/mol. The molecule has 0 atom stereocenters. The van der Waals surface area contributed by atoms with Crippen LogP contribution in [-0.2, 0) is 6.54 Å². The van der Waals surface area contributed by atoms with Gasteiger partial charge in [-0.3, -0.25) is 9.59 Å². The second kappa shape index (κ2) is 9.75. The van der Waals surface area contributed by atoms with Gasteiger partial charge in [0.15, 0.2) is 0 Å². The van der Waals surface area contributed by atoms with Crippen molar-refractivity contribution < 1.29 is 9.59 Å². The smallest absolute Gasteiger partial charge is 0.253 e. The lowest BCUT2D eigenvalue weighted by Crippen LogP contribution is -2.47. The number of hydrogen-bond donors (Lipinski definition) is 1. The van der Waals surface area contributed by atoms with Gasteiger partial charge in [0, 0.05) is 49.4 Å². The third kappa shape index (κ3) is 4.85. The Morgan fingerprint density at radius 2 is 1.62 bits per heavy atom. The number of thiazole rings is 1. The Hall–Kier alpha value is -3.55. The Kier molecular flexibility index (Phi) is 6.38. The van der Waals surface area contributed by atoms with Crippen LogP contribution in [0.4, 0.5) is 0 Å². The van der Waals surface area contributed by atoms with E-state index in [2.05, 4.69) is 17.3 Å². The Morgan fingerprint density at radius 3 is 2.35 bits per heavy atom.